The van der Waals surface area contributed by atoms with Crippen LogP contribution in [0, 0.1) is 5.92 Å². The Balaban J connectivity index is 2.37. The Kier molecular flexibility index (Phi) is 6.13. The number of nitrogens with one attached hydrogen (secondary N) is 2. The van der Waals surface area contributed by atoms with E-state index >= 15 is 0 Å². The summed E-state index contributed by atoms with van der Waals surface area (Å²) in [7, 11) is 0. The second kappa shape index (κ2) is 7.37. The smallest absolute Gasteiger partial charge is 0.166 e. The lowest BCUT2D eigenvalue weighted by atomic mass is 10.0. The van der Waals surface area contributed by atoms with Crippen molar-refractivity contribution in [2.24, 2.45) is 5.92 Å². The van der Waals surface area contributed by atoms with Crippen molar-refractivity contribution in [2.75, 3.05) is 6.54 Å². The van der Waals surface area contributed by atoms with Crippen LogP contribution in [-0.2, 0) is 6.54 Å². The van der Waals surface area contributed by atoms with Crippen LogP contribution in [0.1, 0.15) is 44.7 Å². The van der Waals surface area contributed by atoms with E-state index in [-0.39, 0.29) is 0 Å². The first-order valence-corrected chi connectivity index (χ1v) is 7.00. The van der Waals surface area contributed by atoms with Gasteiger partial charge in [-0.2, -0.15) is 0 Å². The van der Waals surface area contributed by atoms with Crippen molar-refractivity contribution in [3.63, 3.8) is 0 Å². The van der Waals surface area contributed by atoms with Gasteiger partial charge in [-0.15, -0.1) is 0 Å². The van der Waals surface area contributed by atoms with Gasteiger partial charge in [0.1, 0.15) is 0 Å². The van der Waals surface area contributed by atoms with Crippen LogP contribution in [0.15, 0.2) is 24.3 Å². The summed E-state index contributed by atoms with van der Waals surface area (Å²) in [6, 6.07) is 8.69. The van der Waals surface area contributed by atoms with E-state index in [1.807, 2.05) is 0 Å². The van der Waals surface area contributed by atoms with Crippen LogP contribution in [0.25, 0.3) is 0 Å². The van der Waals surface area contributed by atoms with Crippen LogP contribution in [0.3, 0.4) is 0 Å². The number of thiocarbonyl (C=S) groups is 1. The second-order valence-electron chi connectivity index (χ2n) is 5.35. The maximum absolute atomic E-state index is 5.22. The van der Waals surface area contributed by atoms with Crippen molar-refractivity contribution in [3.8, 4) is 0 Å². The molecule has 0 saturated heterocycles. The Hall–Kier alpha value is -1.09. The molecule has 2 nitrogen and oxygen atoms in total. The van der Waals surface area contributed by atoms with Crippen LogP contribution in [0.4, 0.5) is 0 Å². The standard InChI is InChI=1S/C15H24N2S/c1-11(2)9-16-15(18)17-10-13-5-7-14(8-6-13)12(3)4/h5-8,11-12H,9-10H2,1-4H3,(H2,16,17,18). The molecule has 0 spiro atoms. The van der Waals surface area contributed by atoms with E-state index in [0.717, 1.165) is 18.2 Å². The molecule has 18 heavy (non-hydrogen) atoms. The van der Waals surface area contributed by atoms with Crippen molar-refractivity contribution in [1.29, 1.82) is 0 Å². The predicted octanol–water partition coefficient (Wildman–Crippen LogP) is 3.43. The first-order valence-electron chi connectivity index (χ1n) is 6.59. The molecule has 0 unspecified atom stereocenters. The summed E-state index contributed by atoms with van der Waals surface area (Å²) in [5.41, 5.74) is 2.63. The average molecular weight is 264 g/mol. The van der Waals surface area contributed by atoms with E-state index in [0.29, 0.717) is 11.8 Å². The van der Waals surface area contributed by atoms with Gasteiger partial charge in [0.2, 0.25) is 0 Å². The van der Waals surface area contributed by atoms with Gasteiger partial charge in [-0.25, -0.2) is 0 Å². The molecule has 3 heteroatoms. The normalized spacial score (nSPS) is 10.8. The van der Waals surface area contributed by atoms with E-state index in [4.69, 9.17) is 12.2 Å². The van der Waals surface area contributed by atoms with Crippen molar-refractivity contribution in [1.82, 2.24) is 10.6 Å². The van der Waals surface area contributed by atoms with E-state index in [9.17, 15) is 0 Å². The molecule has 0 atom stereocenters. The molecule has 1 aromatic carbocycles. The quantitative estimate of drug-likeness (QED) is 0.797. The molecule has 0 aliphatic carbocycles. The molecule has 1 rings (SSSR count). The lowest BCUT2D eigenvalue weighted by molar-refractivity contribution is 0.619. The highest BCUT2D eigenvalue weighted by Gasteiger charge is 2.00. The highest BCUT2D eigenvalue weighted by Crippen LogP contribution is 2.14. The third-order valence-electron chi connectivity index (χ3n) is 2.77. The minimum absolute atomic E-state index is 0.584. The molecule has 0 aliphatic heterocycles. The van der Waals surface area contributed by atoms with Crippen molar-refractivity contribution < 1.29 is 0 Å². The van der Waals surface area contributed by atoms with Crippen molar-refractivity contribution in [3.05, 3.63) is 35.4 Å². The number of rotatable bonds is 5. The van der Waals surface area contributed by atoms with Gasteiger partial charge in [-0.3, -0.25) is 0 Å². The zero-order chi connectivity index (χ0) is 13.5. The molecule has 0 aromatic heterocycles. The molecule has 0 radical (unpaired) electrons. The van der Waals surface area contributed by atoms with Gasteiger partial charge < -0.3 is 10.6 Å². The molecule has 2 N–H and O–H groups in total. The molecular formula is C15H24N2S. The molecule has 0 aliphatic rings. The highest BCUT2D eigenvalue weighted by atomic mass is 32.1. The lowest BCUT2D eigenvalue weighted by Crippen LogP contribution is -2.36. The van der Waals surface area contributed by atoms with Crippen LogP contribution in [-0.4, -0.2) is 11.7 Å². The average Bonchev–Trinajstić information content (AvgIpc) is 2.34. The van der Waals surface area contributed by atoms with Crippen LogP contribution in [0.2, 0.25) is 0 Å². The maximum Gasteiger partial charge on any atom is 0.166 e. The first-order chi connectivity index (χ1) is 8.49. The lowest BCUT2D eigenvalue weighted by Gasteiger charge is -2.12. The van der Waals surface area contributed by atoms with Crippen LogP contribution in [0.5, 0.6) is 0 Å². The highest BCUT2D eigenvalue weighted by molar-refractivity contribution is 7.80. The fraction of sp³-hybridized carbons (Fsp3) is 0.533. The summed E-state index contributed by atoms with van der Waals surface area (Å²) in [6.45, 7) is 10.4. The van der Waals surface area contributed by atoms with Gasteiger partial charge in [0.15, 0.2) is 5.11 Å². The topological polar surface area (TPSA) is 24.1 Å². The van der Waals surface area contributed by atoms with Gasteiger partial charge in [-0.05, 0) is 35.2 Å². The van der Waals surface area contributed by atoms with E-state index < -0.39 is 0 Å². The molecule has 0 saturated carbocycles. The molecule has 0 heterocycles. The van der Waals surface area contributed by atoms with Gasteiger partial charge in [0, 0.05) is 13.1 Å². The molecule has 1 aromatic rings. The van der Waals surface area contributed by atoms with Gasteiger partial charge in [0.25, 0.3) is 0 Å². The number of hydrogen-bond donors (Lipinski definition) is 2. The molecule has 0 fully saturated rings. The summed E-state index contributed by atoms with van der Waals surface area (Å²) >= 11 is 5.22. The maximum atomic E-state index is 5.22. The molecule has 0 bridgehead atoms. The molecular weight excluding hydrogens is 240 g/mol. The minimum Gasteiger partial charge on any atom is -0.362 e. The van der Waals surface area contributed by atoms with Gasteiger partial charge in [-0.1, -0.05) is 52.0 Å². The minimum atomic E-state index is 0.584. The fourth-order valence-electron chi connectivity index (χ4n) is 1.56. The number of benzene rings is 1. The Morgan fingerprint density at radius 2 is 1.67 bits per heavy atom. The van der Waals surface area contributed by atoms with Gasteiger partial charge in [0.05, 0.1) is 0 Å². The summed E-state index contributed by atoms with van der Waals surface area (Å²) in [4.78, 5) is 0. The summed E-state index contributed by atoms with van der Waals surface area (Å²) in [5.74, 6) is 1.19. The zero-order valence-electron chi connectivity index (χ0n) is 11.8. The SMILES string of the molecule is CC(C)CNC(=S)NCc1ccc(C(C)C)cc1. The Morgan fingerprint density at radius 3 is 2.17 bits per heavy atom. The Morgan fingerprint density at radius 1 is 1.06 bits per heavy atom. The zero-order valence-corrected chi connectivity index (χ0v) is 12.6. The summed E-state index contributed by atoms with van der Waals surface area (Å²) < 4.78 is 0. The third kappa shape index (κ3) is 5.50. The molecule has 100 valence electrons. The second-order valence-corrected chi connectivity index (χ2v) is 5.76. The van der Waals surface area contributed by atoms with Crippen LogP contribution < -0.4 is 10.6 Å². The summed E-state index contributed by atoms with van der Waals surface area (Å²) in [6.07, 6.45) is 0. The van der Waals surface area contributed by atoms with E-state index in [2.05, 4.69) is 62.6 Å². The fourth-order valence-corrected chi connectivity index (χ4v) is 1.72. The van der Waals surface area contributed by atoms with Crippen LogP contribution >= 0.6 is 12.2 Å². The number of hydrogen-bond acceptors (Lipinski definition) is 1. The predicted molar refractivity (Wildman–Crippen MR) is 82.8 cm³/mol. The largest absolute Gasteiger partial charge is 0.362 e. The van der Waals surface area contributed by atoms with E-state index in [1.165, 1.54) is 11.1 Å². The summed E-state index contributed by atoms with van der Waals surface area (Å²) in [5, 5.41) is 7.16. The Bertz CT molecular complexity index is 369. The Labute approximate surface area is 116 Å². The van der Waals surface area contributed by atoms with Crippen molar-refractivity contribution >= 4 is 17.3 Å². The third-order valence-corrected chi connectivity index (χ3v) is 3.06. The van der Waals surface area contributed by atoms with Gasteiger partial charge >= 0.3 is 0 Å². The first kappa shape index (κ1) is 15.0. The molecule has 0 amide bonds. The van der Waals surface area contributed by atoms with E-state index in [1.54, 1.807) is 0 Å². The van der Waals surface area contributed by atoms with Crippen molar-refractivity contribution in [2.45, 2.75) is 40.2 Å². The monoisotopic (exact) mass is 264 g/mol.